The molecule has 0 spiro atoms. The Morgan fingerprint density at radius 1 is 1.31 bits per heavy atom. The van der Waals surface area contributed by atoms with Crippen molar-refractivity contribution in [2.75, 3.05) is 33.4 Å². The predicted octanol–water partition coefficient (Wildman–Crippen LogP) is 3.51. The van der Waals surface area contributed by atoms with E-state index in [0.717, 1.165) is 19.6 Å². The van der Waals surface area contributed by atoms with Gasteiger partial charge in [0.15, 0.2) is 0 Å². The minimum absolute atomic E-state index is 0.0913. The van der Waals surface area contributed by atoms with E-state index in [-0.39, 0.29) is 11.6 Å². The number of carbonyl (C=O) groups excluding carboxylic acids is 1. The van der Waals surface area contributed by atoms with E-state index in [2.05, 4.69) is 10.2 Å². The van der Waals surface area contributed by atoms with Gasteiger partial charge in [0.2, 0.25) is 5.91 Å². The molecule has 144 valence electrons. The molecule has 0 aromatic heterocycles. The van der Waals surface area contributed by atoms with Crippen LogP contribution in [0.1, 0.15) is 18.4 Å². The molecule has 1 heterocycles. The number of likely N-dealkylation sites (tertiary alicyclic amines) is 1. The molecule has 0 unspecified atom stereocenters. The number of carbonyl (C=O) groups is 1. The largest absolute Gasteiger partial charge is 0.417 e. The summed E-state index contributed by atoms with van der Waals surface area (Å²) in [6.07, 6.45) is -2.60. The van der Waals surface area contributed by atoms with Crippen molar-refractivity contribution in [3.63, 3.8) is 0 Å². The third-order valence-electron chi connectivity index (χ3n) is 4.28. The molecular formula is C18H22ClF3N2O2. The van der Waals surface area contributed by atoms with Gasteiger partial charge in [-0.1, -0.05) is 23.7 Å². The Morgan fingerprint density at radius 2 is 1.92 bits per heavy atom. The minimum atomic E-state index is -4.63. The van der Waals surface area contributed by atoms with Gasteiger partial charge < -0.3 is 15.0 Å². The van der Waals surface area contributed by atoms with Crippen molar-refractivity contribution in [2.24, 2.45) is 0 Å². The van der Waals surface area contributed by atoms with E-state index in [9.17, 15) is 18.0 Å². The number of amides is 1. The number of rotatable bonds is 6. The molecule has 1 aliphatic rings. The van der Waals surface area contributed by atoms with Crippen LogP contribution in [0.25, 0.3) is 5.57 Å². The molecule has 1 N–H and O–H groups in total. The molecule has 0 radical (unpaired) electrons. The summed E-state index contributed by atoms with van der Waals surface area (Å²) < 4.78 is 45.0. The summed E-state index contributed by atoms with van der Waals surface area (Å²) in [7, 11) is 1.64. The summed E-state index contributed by atoms with van der Waals surface area (Å²) in [6.45, 7) is 3.00. The topological polar surface area (TPSA) is 41.6 Å². The first-order chi connectivity index (χ1) is 12.3. The lowest BCUT2D eigenvalue weighted by Crippen LogP contribution is -2.45. The van der Waals surface area contributed by atoms with Crippen LogP contribution in [0.5, 0.6) is 0 Å². The second-order valence-corrected chi connectivity index (χ2v) is 6.62. The number of nitrogens with zero attached hydrogens (tertiary/aromatic N) is 1. The fourth-order valence-electron chi connectivity index (χ4n) is 2.85. The highest BCUT2D eigenvalue weighted by Crippen LogP contribution is 2.34. The molecule has 26 heavy (non-hydrogen) atoms. The number of methoxy groups -OCH3 is 1. The Balaban J connectivity index is 1.99. The maximum atomic E-state index is 13.3. The third kappa shape index (κ3) is 6.30. The Kier molecular flexibility index (Phi) is 7.49. The van der Waals surface area contributed by atoms with Crippen molar-refractivity contribution in [1.82, 2.24) is 10.2 Å². The zero-order chi connectivity index (χ0) is 19.2. The van der Waals surface area contributed by atoms with Crippen molar-refractivity contribution >= 4 is 23.1 Å². The number of allylic oxidation sites excluding steroid dienone is 1. The highest BCUT2D eigenvalue weighted by Gasteiger charge is 2.35. The maximum Gasteiger partial charge on any atom is 0.417 e. The van der Waals surface area contributed by atoms with Crippen LogP contribution in [-0.2, 0) is 9.53 Å². The van der Waals surface area contributed by atoms with Gasteiger partial charge in [-0.15, -0.1) is 0 Å². The normalized spacial score (nSPS) is 17.3. The number of nitrogens with one attached hydrogen (secondary N) is 1. The van der Waals surface area contributed by atoms with Gasteiger partial charge in [-0.2, -0.15) is 13.2 Å². The molecule has 1 aliphatic heterocycles. The van der Waals surface area contributed by atoms with Gasteiger partial charge in [-0.3, -0.25) is 4.79 Å². The van der Waals surface area contributed by atoms with E-state index in [1.54, 1.807) is 7.11 Å². The van der Waals surface area contributed by atoms with Gasteiger partial charge in [0, 0.05) is 43.9 Å². The zero-order valence-corrected chi connectivity index (χ0v) is 15.2. The summed E-state index contributed by atoms with van der Waals surface area (Å²) >= 11 is 5.72. The Labute approximate surface area is 155 Å². The summed E-state index contributed by atoms with van der Waals surface area (Å²) in [4.78, 5) is 14.3. The summed E-state index contributed by atoms with van der Waals surface area (Å²) in [5.41, 5.74) is -1.07. The van der Waals surface area contributed by atoms with Crippen LogP contribution in [0.3, 0.4) is 0 Å². The van der Waals surface area contributed by atoms with Gasteiger partial charge in [0.1, 0.15) is 0 Å². The molecule has 0 aliphatic carbocycles. The lowest BCUT2D eigenvalue weighted by Gasteiger charge is -2.31. The predicted molar refractivity (Wildman–Crippen MR) is 95.0 cm³/mol. The van der Waals surface area contributed by atoms with Crippen molar-refractivity contribution in [3.05, 3.63) is 40.9 Å². The van der Waals surface area contributed by atoms with E-state index in [1.807, 2.05) is 0 Å². The maximum absolute atomic E-state index is 13.3. The first-order valence-corrected chi connectivity index (χ1v) is 8.74. The monoisotopic (exact) mass is 390 g/mol. The van der Waals surface area contributed by atoms with Crippen molar-refractivity contribution in [2.45, 2.75) is 25.1 Å². The van der Waals surface area contributed by atoms with Crippen molar-refractivity contribution < 1.29 is 22.7 Å². The van der Waals surface area contributed by atoms with E-state index in [1.165, 1.54) is 24.3 Å². The molecule has 4 nitrogen and oxygen atoms in total. The standard InChI is InChI=1S/C18H22ClF3N2O2/c1-26-11-10-24-8-6-15(7-9-24)23-17(25)12-16(18(20,21)22)13-2-4-14(19)5-3-13/h2-5,12,15H,6-11H2,1H3,(H,23,25)/b16-12-. The summed E-state index contributed by atoms with van der Waals surface area (Å²) in [5, 5.41) is 3.01. The van der Waals surface area contributed by atoms with Gasteiger partial charge in [-0.25, -0.2) is 0 Å². The number of halogens is 4. The minimum Gasteiger partial charge on any atom is -0.383 e. The van der Waals surface area contributed by atoms with Gasteiger partial charge >= 0.3 is 6.18 Å². The van der Waals surface area contributed by atoms with Crippen LogP contribution in [0.2, 0.25) is 5.02 Å². The quantitative estimate of drug-likeness (QED) is 0.756. The lowest BCUT2D eigenvalue weighted by atomic mass is 10.0. The molecule has 1 fully saturated rings. The number of hydrogen-bond donors (Lipinski definition) is 1. The Bertz CT molecular complexity index is 624. The average molecular weight is 391 g/mol. The smallest absolute Gasteiger partial charge is 0.383 e. The van der Waals surface area contributed by atoms with Crippen LogP contribution in [0.15, 0.2) is 30.3 Å². The van der Waals surface area contributed by atoms with Crippen molar-refractivity contribution in [3.8, 4) is 0 Å². The van der Waals surface area contributed by atoms with Gasteiger partial charge in [0.05, 0.1) is 12.2 Å². The summed E-state index contributed by atoms with van der Waals surface area (Å²) in [6, 6.07) is 5.11. The third-order valence-corrected chi connectivity index (χ3v) is 4.53. The van der Waals surface area contributed by atoms with Crippen LogP contribution in [-0.4, -0.2) is 56.4 Å². The molecule has 1 aromatic rings. The fraction of sp³-hybridized carbons (Fsp3) is 0.500. The molecule has 0 saturated carbocycles. The highest BCUT2D eigenvalue weighted by atomic mass is 35.5. The van der Waals surface area contributed by atoms with Crippen molar-refractivity contribution in [1.29, 1.82) is 0 Å². The Hall–Kier alpha value is -1.57. The van der Waals surface area contributed by atoms with Crippen LogP contribution in [0, 0.1) is 0 Å². The number of piperidine rings is 1. The number of alkyl halides is 3. The lowest BCUT2D eigenvalue weighted by molar-refractivity contribution is -0.118. The van der Waals surface area contributed by atoms with Gasteiger partial charge in [-0.05, 0) is 30.5 Å². The highest BCUT2D eigenvalue weighted by molar-refractivity contribution is 6.30. The molecule has 1 aromatic carbocycles. The second-order valence-electron chi connectivity index (χ2n) is 6.18. The second kappa shape index (κ2) is 9.39. The van der Waals surface area contributed by atoms with Crippen LogP contribution < -0.4 is 5.32 Å². The molecule has 0 atom stereocenters. The van der Waals surface area contributed by atoms with Crippen LogP contribution in [0.4, 0.5) is 13.2 Å². The Morgan fingerprint density at radius 3 is 2.46 bits per heavy atom. The number of ether oxygens (including phenoxy) is 1. The molecular weight excluding hydrogens is 369 g/mol. The summed E-state index contributed by atoms with van der Waals surface area (Å²) in [5.74, 6) is -0.734. The zero-order valence-electron chi connectivity index (χ0n) is 14.5. The molecule has 2 rings (SSSR count). The van der Waals surface area contributed by atoms with Crippen LogP contribution >= 0.6 is 11.6 Å². The van der Waals surface area contributed by atoms with E-state index < -0.39 is 17.7 Å². The molecule has 1 saturated heterocycles. The number of hydrogen-bond acceptors (Lipinski definition) is 3. The van der Waals surface area contributed by atoms with E-state index in [4.69, 9.17) is 16.3 Å². The molecule has 8 heteroatoms. The SMILES string of the molecule is COCCN1CCC(NC(=O)/C=C(/c2ccc(Cl)cc2)C(F)(F)F)CC1. The van der Waals surface area contributed by atoms with E-state index in [0.29, 0.717) is 30.5 Å². The fourth-order valence-corrected chi connectivity index (χ4v) is 2.98. The average Bonchev–Trinajstić information content (AvgIpc) is 2.59. The first-order valence-electron chi connectivity index (χ1n) is 8.36. The van der Waals surface area contributed by atoms with E-state index >= 15 is 0 Å². The molecule has 1 amide bonds. The van der Waals surface area contributed by atoms with Gasteiger partial charge in [0.25, 0.3) is 0 Å². The first kappa shape index (κ1) is 20.7. The molecule has 0 bridgehead atoms. The number of benzene rings is 1.